The molecule has 7 nitrogen and oxygen atoms in total. The molecule has 0 fully saturated rings. The Kier molecular flexibility index (Phi) is 6.55. The van der Waals surface area contributed by atoms with Gasteiger partial charge in [-0.1, -0.05) is 54.6 Å². The fourth-order valence-corrected chi connectivity index (χ4v) is 4.84. The molecule has 0 bridgehead atoms. The van der Waals surface area contributed by atoms with E-state index >= 15 is 0 Å². The number of hydrogen-bond acceptors (Lipinski definition) is 5. The highest BCUT2D eigenvalue weighted by Crippen LogP contribution is 2.36. The van der Waals surface area contributed by atoms with E-state index in [2.05, 4.69) is 5.32 Å². The van der Waals surface area contributed by atoms with Crippen molar-refractivity contribution in [1.82, 2.24) is 5.32 Å². The molecule has 3 aromatic rings. The number of aryl methyl sites for hydroxylation is 1. The van der Waals surface area contributed by atoms with Gasteiger partial charge in [0.15, 0.2) is 11.5 Å². The zero-order valence-corrected chi connectivity index (χ0v) is 19.3. The third-order valence-electron chi connectivity index (χ3n) is 5.57. The number of ether oxygens (including phenoxy) is 2. The number of hydrogen-bond donors (Lipinski definition) is 1. The first kappa shape index (κ1) is 22.7. The van der Waals surface area contributed by atoms with Gasteiger partial charge in [0.2, 0.25) is 22.7 Å². The molecule has 8 heteroatoms. The second-order valence-corrected chi connectivity index (χ2v) is 9.89. The second-order valence-electron chi connectivity index (χ2n) is 7.71. The Hall–Kier alpha value is -3.52. The van der Waals surface area contributed by atoms with Crippen LogP contribution in [-0.4, -0.2) is 33.4 Å². The monoisotopic (exact) mass is 466 g/mol. The molecule has 3 aromatic carbocycles. The van der Waals surface area contributed by atoms with Gasteiger partial charge in [0, 0.05) is 6.07 Å². The number of benzene rings is 3. The number of sulfonamides is 1. The van der Waals surface area contributed by atoms with E-state index in [1.165, 1.54) is 0 Å². The maximum atomic E-state index is 13.2. The van der Waals surface area contributed by atoms with Crippen LogP contribution in [0, 0.1) is 6.92 Å². The van der Waals surface area contributed by atoms with Crippen molar-refractivity contribution in [2.45, 2.75) is 19.9 Å². The molecule has 0 saturated carbocycles. The normalized spacial score (nSPS) is 13.4. The van der Waals surface area contributed by atoms with E-state index in [0.717, 1.165) is 21.0 Å². The van der Waals surface area contributed by atoms with E-state index in [1.54, 1.807) is 25.1 Å². The number of amides is 1. The van der Waals surface area contributed by atoms with Crippen LogP contribution in [0.3, 0.4) is 0 Å². The quantitative estimate of drug-likeness (QED) is 0.546. The van der Waals surface area contributed by atoms with Gasteiger partial charge in [-0.3, -0.25) is 9.10 Å². The molecule has 172 valence electrons. The molecule has 1 atom stereocenters. The van der Waals surface area contributed by atoms with Crippen molar-refractivity contribution < 1.29 is 22.7 Å². The minimum absolute atomic E-state index is 0.0784. The highest BCUT2D eigenvalue weighted by Gasteiger charge is 2.27. The SMILES string of the molecule is CCS(=O)(=O)N(CC(=O)N[C@@H](c1ccccc1)c1ccccc1C)c1ccc2c(c1)OCO2. The zero-order chi connectivity index (χ0) is 23.4. The summed E-state index contributed by atoms with van der Waals surface area (Å²) in [6.45, 7) is 3.26. The zero-order valence-electron chi connectivity index (χ0n) is 18.5. The predicted molar refractivity (Wildman–Crippen MR) is 127 cm³/mol. The summed E-state index contributed by atoms with van der Waals surface area (Å²) < 4.78 is 37.6. The van der Waals surface area contributed by atoms with Crippen molar-refractivity contribution in [3.8, 4) is 11.5 Å². The Bertz CT molecular complexity index is 1240. The first-order chi connectivity index (χ1) is 15.9. The van der Waals surface area contributed by atoms with Gasteiger partial charge in [0.05, 0.1) is 17.5 Å². The summed E-state index contributed by atoms with van der Waals surface area (Å²) in [6, 6.07) is 21.9. The van der Waals surface area contributed by atoms with Crippen molar-refractivity contribution in [1.29, 1.82) is 0 Å². The number of nitrogens with zero attached hydrogens (tertiary/aromatic N) is 1. The molecular weight excluding hydrogens is 440 g/mol. The van der Waals surface area contributed by atoms with Crippen LogP contribution >= 0.6 is 0 Å². The molecule has 0 radical (unpaired) electrons. The molecule has 1 aliphatic heterocycles. The van der Waals surface area contributed by atoms with Gasteiger partial charge in [0.25, 0.3) is 0 Å². The standard InChI is InChI=1S/C25H26N2O5S/c1-3-33(29,30)27(20-13-14-22-23(15-20)32-17-31-22)16-24(28)26-25(19-10-5-4-6-11-19)21-12-8-7-9-18(21)2/h4-15,25H,3,16-17H2,1-2H3,(H,26,28)/t25-/m0/s1. The maximum absolute atomic E-state index is 13.2. The first-order valence-electron chi connectivity index (χ1n) is 10.7. The summed E-state index contributed by atoms with van der Waals surface area (Å²) in [7, 11) is -3.72. The fourth-order valence-electron chi connectivity index (χ4n) is 3.78. The van der Waals surface area contributed by atoms with Gasteiger partial charge in [-0.25, -0.2) is 8.42 Å². The molecule has 1 heterocycles. The summed E-state index contributed by atoms with van der Waals surface area (Å²) in [6.07, 6.45) is 0. The lowest BCUT2D eigenvalue weighted by Crippen LogP contribution is -2.43. The van der Waals surface area contributed by atoms with Gasteiger partial charge < -0.3 is 14.8 Å². The van der Waals surface area contributed by atoms with Gasteiger partial charge in [-0.15, -0.1) is 0 Å². The number of carbonyl (C=O) groups excluding carboxylic acids is 1. The van der Waals surface area contributed by atoms with Crippen molar-refractivity contribution in [2.75, 3.05) is 23.4 Å². The largest absolute Gasteiger partial charge is 0.454 e. The number of carbonyl (C=O) groups is 1. The summed E-state index contributed by atoms with van der Waals surface area (Å²) in [5, 5.41) is 3.04. The first-order valence-corrected chi connectivity index (χ1v) is 12.3. The van der Waals surface area contributed by atoms with Crippen LogP contribution in [0.4, 0.5) is 5.69 Å². The Labute approximate surface area is 194 Å². The number of nitrogens with one attached hydrogen (secondary N) is 1. The Morgan fingerprint density at radius 1 is 1.00 bits per heavy atom. The highest BCUT2D eigenvalue weighted by atomic mass is 32.2. The summed E-state index contributed by atoms with van der Waals surface area (Å²) in [5.41, 5.74) is 3.24. The Morgan fingerprint density at radius 2 is 1.70 bits per heavy atom. The average molecular weight is 467 g/mol. The average Bonchev–Trinajstić information content (AvgIpc) is 3.30. The molecule has 0 saturated heterocycles. The van der Waals surface area contributed by atoms with Crippen molar-refractivity contribution in [2.24, 2.45) is 0 Å². The number of fused-ring (bicyclic) bond motifs is 1. The van der Waals surface area contributed by atoms with E-state index in [9.17, 15) is 13.2 Å². The second kappa shape index (κ2) is 9.54. The minimum atomic E-state index is -3.72. The summed E-state index contributed by atoms with van der Waals surface area (Å²) in [5.74, 6) is 0.433. The van der Waals surface area contributed by atoms with Crippen molar-refractivity contribution in [3.63, 3.8) is 0 Å². The molecule has 1 aliphatic rings. The molecule has 0 aromatic heterocycles. The molecule has 0 aliphatic carbocycles. The fraction of sp³-hybridized carbons (Fsp3) is 0.240. The minimum Gasteiger partial charge on any atom is -0.454 e. The van der Waals surface area contributed by atoms with E-state index < -0.39 is 22.0 Å². The van der Waals surface area contributed by atoms with E-state index in [-0.39, 0.29) is 19.1 Å². The summed E-state index contributed by atoms with van der Waals surface area (Å²) in [4.78, 5) is 13.2. The van der Waals surface area contributed by atoms with E-state index in [0.29, 0.717) is 17.2 Å². The van der Waals surface area contributed by atoms with Crippen LogP contribution in [0.15, 0.2) is 72.8 Å². The van der Waals surface area contributed by atoms with Crippen LogP contribution in [-0.2, 0) is 14.8 Å². The van der Waals surface area contributed by atoms with E-state index in [4.69, 9.17) is 9.47 Å². The smallest absolute Gasteiger partial charge is 0.241 e. The Balaban J connectivity index is 1.64. The highest BCUT2D eigenvalue weighted by molar-refractivity contribution is 7.92. The van der Waals surface area contributed by atoms with Crippen molar-refractivity contribution in [3.05, 3.63) is 89.5 Å². The topological polar surface area (TPSA) is 84.9 Å². The van der Waals surface area contributed by atoms with E-state index in [1.807, 2.05) is 61.5 Å². The third-order valence-corrected chi connectivity index (χ3v) is 7.31. The molecule has 33 heavy (non-hydrogen) atoms. The summed E-state index contributed by atoms with van der Waals surface area (Å²) >= 11 is 0. The molecule has 1 N–H and O–H groups in total. The van der Waals surface area contributed by atoms with Crippen LogP contribution in [0.25, 0.3) is 0 Å². The lowest BCUT2D eigenvalue weighted by molar-refractivity contribution is -0.120. The maximum Gasteiger partial charge on any atom is 0.241 e. The number of rotatable bonds is 8. The van der Waals surface area contributed by atoms with Crippen LogP contribution in [0.2, 0.25) is 0 Å². The molecule has 4 rings (SSSR count). The predicted octanol–water partition coefficient (Wildman–Crippen LogP) is 3.79. The van der Waals surface area contributed by atoms with Gasteiger partial charge in [-0.05, 0) is 42.7 Å². The Morgan fingerprint density at radius 3 is 2.42 bits per heavy atom. The van der Waals surface area contributed by atoms with Crippen LogP contribution in [0.5, 0.6) is 11.5 Å². The van der Waals surface area contributed by atoms with Gasteiger partial charge in [0.1, 0.15) is 6.54 Å². The van der Waals surface area contributed by atoms with Gasteiger partial charge >= 0.3 is 0 Å². The molecular formula is C25H26N2O5S. The lowest BCUT2D eigenvalue weighted by atomic mass is 9.95. The van der Waals surface area contributed by atoms with Crippen molar-refractivity contribution >= 4 is 21.6 Å². The lowest BCUT2D eigenvalue weighted by Gasteiger charge is -2.26. The molecule has 1 amide bonds. The molecule has 0 unspecified atom stereocenters. The van der Waals surface area contributed by atoms with Gasteiger partial charge in [-0.2, -0.15) is 0 Å². The molecule has 0 spiro atoms. The van der Waals surface area contributed by atoms with Crippen LogP contribution < -0.4 is 19.1 Å². The van der Waals surface area contributed by atoms with Crippen LogP contribution in [0.1, 0.15) is 29.7 Å². The third kappa shape index (κ3) is 4.96. The number of anilines is 1.